The molecule has 0 aromatic heterocycles. The van der Waals surface area contributed by atoms with E-state index >= 15 is 0 Å². The fourth-order valence-corrected chi connectivity index (χ4v) is 3.44. The molecule has 0 bridgehead atoms. The standard InChI is InChI=1S/C12H14O2S/c13-10-5-4-8-12(9-10)15(14)11-6-2-1-3-7-11/h1-3,6-7,12H,4-5,8-9H2. The van der Waals surface area contributed by atoms with Gasteiger partial charge in [-0.25, -0.2) is 0 Å². The predicted molar refractivity (Wildman–Crippen MR) is 60.1 cm³/mol. The number of Topliss-reactive ketones (excluding diaryl/α,β-unsaturated/α-hetero) is 1. The minimum absolute atomic E-state index is 0.0358. The van der Waals surface area contributed by atoms with Crippen LogP contribution in [0.5, 0.6) is 0 Å². The second-order valence-electron chi connectivity index (χ2n) is 3.87. The number of carbonyl (C=O) groups is 1. The van der Waals surface area contributed by atoms with Gasteiger partial charge in [0.25, 0.3) is 0 Å². The summed E-state index contributed by atoms with van der Waals surface area (Å²) in [4.78, 5) is 12.1. The Hall–Kier alpha value is -0.800. The van der Waals surface area contributed by atoms with E-state index in [0.29, 0.717) is 12.8 Å². The molecule has 15 heavy (non-hydrogen) atoms. The van der Waals surface area contributed by atoms with E-state index in [2.05, 4.69) is 0 Å². The summed E-state index contributed by atoms with van der Waals surface area (Å²) in [7, 11) is 0. The molecule has 2 atom stereocenters. The summed E-state index contributed by atoms with van der Waals surface area (Å²) >= 11 is -1.01. The highest BCUT2D eigenvalue weighted by atomic mass is 32.2. The molecule has 0 amide bonds. The molecule has 1 aromatic carbocycles. The molecule has 1 fully saturated rings. The lowest BCUT2D eigenvalue weighted by Gasteiger charge is -2.23. The Morgan fingerprint density at radius 2 is 2.00 bits per heavy atom. The Morgan fingerprint density at radius 1 is 1.27 bits per heavy atom. The summed E-state index contributed by atoms with van der Waals surface area (Å²) in [6.45, 7) is 0. The predicted octanol–water partition coefficient (Wildman–Crippen LogP) is 2.31. The van der Waals surface area contributed by atoms with Crippen molar-refractivity contribution in [2.24, 2.45) is 0 Å². The molecular formula is C12H14O2S. The van der Waals surface area contributed by atoms with Crippen LogP contribution >= 0.6 is 0 Å². The van der Waals surface area contributed by atoms with E-state index in [-0.39, 0.29) is 11.0 Å². The first-order chi connectivity index (χ1) is 7.27. The van der Waals surface area contributed by atoms with E-state index in [1.165, 1.54) is 0 Å². The lowest BCUT2D eigenvalue weighted by molar-refractivity contribution is -0.120. The Bertz CT molecular complexity index is 337. The van der Waals surface area contributed by atoms with Gasteiger partial charge in [0, 0.05) is 6.42 Å². The SMILES string of the molecule is O=C1CCCC([S+]([O-])c2ccccc2)C1. The smallest absolute Gasteiger partial charge is 0.152 e. The zero-order valence-corrected chi connectivity index (χ0v) is 9.33. The molecule has 2 rings (SSSR count). The van der Waals surface area contributed by atoms with Crippen LogP contribution in [-0.4, -0.2) is 15.6 Å². The molecule has 0 saturated heterocycles. The van der Waals surface area contributed by atoms with Gasteiger partial charge in [0.2, 0.25) is 0 Å². The normalized spacial score (nSPS) is 23.8. The third kappa shape index (κ3) is 2.61. The lowest BCUT2D eigenvalue weighted by Crippen LogP contribution is -2.28. The molecule has 1 aliphatic carbocycles. The molecule has 0 radical (unpaired) electrons. The van der Waals surface area contributed by atoms with Crippen molar-refractivity contribution in [3.05, 3.63) is 30.3 Å². The van der Waals surface area contributed by atoms with Gasteiger partial charge in [-0.3, -0.25) is 4.79 Å². The fraction of sp³-hybridized carbons (Fsp3) is 0.417. The van der Waals surface area contributed by atoms with Crippen LogP contribution in [0.25, 0.3) is 0 Å². The second-order valence-corrected chi connectivity index (χ2v) is 5.60. The van der Waals surface area contributed by atoms with Crippen molar-refractivity contribution in [1.29, 1.82) is 0 Å². The van der Waals surface area contributed by atoms with Crippen molar-refractivity contribution in [3.8, 4) is 0 Å². The zero-order chi connectivity index (χ0) is 10.7. The van der Waals surface area contributed by atoms with Gasteiger partial charge in [0.15, 0.2) is 4.90 Å². The van der Waals surface area contributed by atoms with Crippen molar-refractivity contribution >= 4 is 17.0 Å². The molecule has 80 valence electrons. The molecule has 1 saturated carbocycles. The van der Waals surface area contributed by atoms with Gasteiger partial charge in [-0.05, 0) is 36.2 Å². The molecule has 1 aromatic rings. The maximum absolute atomic E-state index is 12.1. The van der Waals surface area contributed by atoms with Crippen LogP contribution < -0.4 is 0 Å². The largest absolute Gasteiger partial charge is 0.611 e. The number of ketones is 1. The van der Waals surface area contributed by atoms with Gasteiger partial charge in [0.1, 0.15) is 11.0 Å². The molecule has 0 heterocycles. The van der Waals surface area contributed by atoms with E-state index in [0.717, 1.165) is 17.7 Å². The van der Waals surface area contributed by atoms with E-state index < -0.39 is 11.2 Å². The van der Waals surface area contributed by atoms with Crippen LogP contribution in [0.4, 0.5) is 0 Å². The van der Waals surface area contributed by atoms with Crippen LogP contribution in [0.3, 0.4) is 0 Å². The monoisotopic (exact) mass is 222 g/mol. The Kier molecular flexibility index (Phi) is 3.44. The number of benzene rings is 1. The van der Waals surface area contributed by atoms with E-state index in [9.17, 15) is 9.35 Å². The number of hydrogen-bond acceptors (Lipinski definition) is 2. The molecule has 3 heteroatoms. The Balaban J connectivity index is 2.07. The van der Waals surface area contributed by atoms with Gasteiger partial charge >= 0.3 is 0 Å². The third-order valence-electron chi connectivity index (χ3n) is 2.72. The maximum atomic E-state index is 12.1. The van der Waals surface area contributed by atoms with E-state index in [1.807, 2.05) is 30.3 Å². The zero-order valence-electron chi connectivity index (χ0n) is 8.52. The average molecular weight is 222 g/mol. The van der Waals surface area contributed by atoms with Crippen LogP contribution in [0.15, 0.2) is 35.2 Å². The molecular weight excluding hydrogens is 208 g/mol. The first-order valence-electron chi connectivity index (χ1n) is 5.24. The minimum atomic E-state index is -1.01. The van der Waals surface area contributed by atoms with Crippen molar-refractivity contribution in [2.75, 3.05) is 0 Å². The fourth-order valence-electron chi connectivity index (χ4n) is 1.91. The molecule has 2 unspecified atom stereocenters. The summed E-state index contributed by atoms with van der Waals surface area (Å²) in [6.07, 6.45) is 2.96. The van der Waals surface area contributed by atoms with Crippen LogP contribution in [-0.2, 0) is 16.0 Å². The van der Waals surface area contributed by atoms with Gasteiger partial charge in [-0.1, -0.05) is 18.2 Å². The summed E-state index contributed by atoms with van der Waals surface area (Å²) in [5.41, 5.74) is 0. The van der Waals surface area contributed by atoms with E-state index in [1.54, 1.807) is 0 Å². The third-order valence-corrected chi connectivity index (χ3v) is 4.46. The highest BCUT2D eigenvalue weighted by Gasteiger charge is 2.30. The minimum Gasteiger partial charge on any atom is -0.611 e. The lowest BCUT2D eigenvalue weighted by atomic mass is 9.99. The highest BCUT2D eigenvalue weighted by molar-refractivity contribution is 7.92. The van der Waals surface area contributed by atoms with Gasteiger partial charge in [-0.15, -0.1) is 0 Å². The quantitative estimate of drug-likeness (QED) is 0.720. The first-order valence-corrected chi connectivity index (χ1v) is 6.46. The maximum Gasteiger partial charge on any atom is 0.152 e. The molecule has 0 aliphatic heterocycles. The number of carbonyl (C=O) groups excluding carboxylic acids is 1. The Labute approximate surface area is 92.9 Å². The van der Waals surface area contributed by atoms with Gasteiger partial charge in [0.05, 0.1) is 6.42 Å². The highest BCUT2D eigenvalue weighted by Crippen LogP contribution is 2.26. The van der Waals surface area contributed by atoms with E-state index in [4.69, 9.17) is 0 Å². The summed E-state index contributed by atoms with van der Waals surface area (Å²) in [5, 5.41) is 0.0358. The van der Waals surface area contributed by atoms with Crippen LogP contribution in [0, 0.1) is 0 Å². The second kappa shape index (κ2) is 4.81. The summed E-state index contributed by atoms with van der Waals surface area (Å²) in [5.74, 6) is 0.260. The van der Waals surface area contributed by atoms with Crippen LogP contribution in [0.1, 0.15) is 25.7 Å². The topological polar surface area (TPSA) is 40.1 Å². The summed E-state index contributed by atoms with van der Waals surface area (Å²) in [6, 6.07) is 9.42. The summed E-state index contributed by atoms with van der Waals surface area (Å²) < 4.78 is 12.1. The first kappa shape index (κ1) is 10.7. The van der Waals surface area contributed by atoms with Crippen molar-refractivity contribution in [1.82, 2.24) is 0 Å². The van der Waals surface area contributed by atoms with Crippen molar-refractivity contribution in [3.63, 3.8) is 0 Å². The number of rotatable bonds is 2. The molecule has 2 nitrogen and oxygen atoms in total. The van der Waals surface area contributed by atoms with Gasteiger partial charge < -0.3 is 4.55 Å². The number of hydrogen-bond donors (Lipinski definition) is 0. The molecule has 0 spiro atoms. The van der Waals surface area contributed by atoms with Crippen molar-refractivity contribution < 1.29 is 9.35 Å². The molecule has 1 aliphatic rings. The van der Waals surface area contributed by atoms with Crippen LogP contribution in [0.2, 0.25) is 0 Å². The average Bonchev–Trinajstić information content (AvgIpc) is 2.29. The van der Waals surface area contributed by atoms with Crippen molar-refractivity contribution in [2.45, 2.75) is 35.8 Å². The molecule has 0 N–H and O–H groups in total. The Morgan fingerprint density at radius 3 is 2.67 bits per heavy atom. The van der Waals surface area contributed by atoms with Gasteiger partial charge in [-0.2, -0.15) is 0 Å².